The van der Waals surface area contributed by atoms with Crippen LogP contribution in [-0.2, 0) is 6.42 Å². The molecule has 1 amide bonds. The summed E-state index contributed by atoms with van der Waals surface area (Å²) >= 11 is 0. The van der Waals surface area contributed by atoms with E-state index in [0.29, 0.717) is 18.5 Å². The van der Waals surface area contributed by atoms with Crippen LogP contribution in [0.3, 0.4) is 0 Å². The maximum absolute atomic E-state index is 12.9. The summed E-state index contributed by atoms with van der Waals surface area (Å²) in [7, 11) is 3.92. The highest BCUT2D eigenvalue weighted by atomic mass is 16.2. The Hall–Kier alpha value is -3.19. The molecule has 1 aromatic carbocycles. The predicted octanol–water partition coefficient (Wildman–Crippen LogP) is 2.44. The lowest BCUT2D eigenvalue weighted by molar-refractivity contribution is 0.0951. The molecule has 7 nitrogen and oxygen atoms in total. The number of amides is 1. The molecule has 2 heterocycles. The van der Waals surface area contributed by atoms with Crippen LogP contribution < -0.4 is 10.9 Å². The maximum atomic E-state index is 12.9. The lowest BCUT2D eigenvalue weighted by atomic mass is 10.1. The van der Waals surface area contributed by atoms with Gasteiger partial charge in [-0.1, -0.05) is 18.2 Å². The number of hydrogen-bond donors (Lipinski definition) is 1. The van der Waals surface area contributed by atoms with Crippen LogP contribution >= 0.6 is 0 Å². The molecule has 3 aromatic rings. The molecule has 0 saturated carbocycles. The van der Waals surface area contributed by atoms with Crippen molar-refractivity contribution in [1.29, 1.82) is 0 Å². The molecule has 3 rings (SSSR count). The molecular weight excluding hydrogens is 378 g/mol. The van der Waals surface area contributed by atoms with Gasteiger partial charge in [-0.25, -0.2) is 4.68 Å². The SMILES string of the molecule is Cc1ccn(C(C)CN(C)C)c(=O)c1C(=O)NCCc1cnn(-c2ccccc2)c1. The Morgan fingerprint density at radius 1 is 1.20 bits per heavy atom. The van der Waals surface area contributed by atoms with E-state index < -0.39 is 0 Å². The molecule has 0 aliphatic heterocycles. The van der Waals surface area contributed by atoms with Gasteiger partial charge in [0, 0.05) is 31.5 Å². The van der Waals surface area contributed by atoms with E-state index in [1.807, 2.05) is 73.2 Å². The van der Waals surface area contributed by atoms with Gasteiger partial charge in [-0.2, -0.15) is 5.10 Å². The number of nitrogens with one attached hydrogen (secondary N) is 1. The lowest BCUT2D eigenvalue weighted by Crippen LogP contribution is -2.37. The Kier molecular flexibility index (Phi) is 6.84. The quantitative estimate of drug-likeness (QED) is 0.623. The van der Waals surface area contributed by atoms with Gasteiger partial charge in [0.25, 0.3) is 11.5 Å². The number of rotatable bonds is 8. The van der Waals surface area contributed by atoms with Gasteiger partial charge >= 0.3 is 0 Å². The van der Waals surface area contributed by atoms with Gasteiger partial charge in [0.15, 0.2) is 0 Å². The van der Waals surface area contributed by atoms with Gasteiger partial charge in [-0.15, -0.1) is 0 Å². The predicted molar refractivity (Wildman–Crippen MR) is 118 cm³/mol. The lowest BCUT2D eigenvalue weighted by Gasteiger charge is -2.20. The number of aryl methyl sites for hydroxylation is 1. The van der Waals surface area contributed by atoms with Crippen molar-refractivity contribution in [2.75, 3.05) is 27.2 Å². The van der Waals surface area contributed by atoms with Gasteiger partial charge in [0.2, 0.25) is 0 Å². The molecule has 0 saturated heterocycles. The van der Waals surface area contributed by atoms with Crippen molar-refractivity contribution in [1.82, 2.24) is 24.6 Å². The number of nitrogens with zero attached hydrogens (tertiary/aromatic N) is 4. The molecule has 0 fully saturated rings. The van der Waals surface area contributed by atoms with E-state index in [4.69, 9.17) is 0 Å². The monoisotopic (exact) mass is 407 g/mol. The first-order valence-corrected chi connectivity index (χ1v) is 10.1. The Labute approximate surface area is 176 Å². The zero-order valence-electron chi connectivity index (χ0n) is 18.0. The second kappa shape index (κ2) is 9.54. The minimum absolute atomic E-state index is 0.0246. The fourth-order valence-corrected chi connectivity index (χ4v) is 3.50. The molecular formula is C23H29N5O2. The molecule has 1 N–H and O–H groups in total. The fourth-order valence-electron chi connectivity index (χ4n) is 3.50. The van der Waals surface area contributed by atoms with Crippen LogP contribution in [0.4, 0.5) is 0 Å². The third-order valence-corrected chi connectivity index (χ3v) is 5.02. The molecule has 7 heteroatoms. The molecule has 1 unspecified atom stereocenters. The average molecular weight is 408 g/mol. The van der Waals surface area contributed by atoms with Crippen molar-refractivity contribution in [3.05, 3.63) is 82.0 Å². The van der Waals surface area contributed by atoms with Gasteiger partial charge in [-0.05, 0) is 63.7 Å². The summed E-state index contributed by atoms with van der Waals surface area (Å²) < 4.78 is 3.44. The summed E-state index contributed by atoms with van der Waals surface area (Å²) in [5.41, 5.74) is 2.64. The third-order valence-electron chi connectivity index (χ3n) is 5.02. The van der Waals surface area contributed by atoms with Gasteiger partial charge < -0.3 is 14.8 Å². The summed E-state index contributed by atoms with van der Waals surface area (Å²) in [5, 5.41) is 7.26. The summed E-state index contributed by atoms with van der Waals surface area (Å²) in [6.07, 6.45) is 6.14. The highest BCUT2D eigenvalue weighted by Crippen LogP contribution is 2.09. The molecule has 0 spiro atoms. The number of hydrogen-bond acceptors (Lipinski definition) is 4. The Morgan fingerprint density at radius 2 is 1.93 bits per heavy atom. The zero-order chi connectivity index (χ0) is 21.7. The van der Waals surface area contributed by atoms with Gasteiger partial charge in [0.05, 0.1) is 11.9 Å². The van der Waals surface area contributed by atoms with Crippen LogP contribution in [0.15, 0.2) is 59.8 Å². The Bertz CT molecular complexity index is 1050. The molecule has 0 radical (unpaired) electrons. The van der Waals surface area contributed by atoms with Crippen molar-refractivity contribution < 1.29 is 4.79 Å². The number of carbonyl (C=O) groups is 1. The van der Waals surface area contributed by atoms with E-state index in [1.54, 1.807) is 23.9 Å². The van der Waals surface area contributed by atoms with E-state index in [0.717, 1.165) is 17.8 Å². The second-order valence-electron chi connectivity index (χ2n) is 7.83. The largest absolute Gasteiger partial charge is 0.352 e. The standard InChI is InChI=1S/C23H29N5O2/c1-17-11-13-27(18(2)15-26(3)4)23(30)21(17)22(29)24-12-10-19-14-25-28(16-19)20-8-6-5-7-9-20/h5-9,11,13-14,16,18H,10,12,15H2,1-4H3,(H,24,29). The van der Waals surface area contributed by atoms with Crippen LogP contribution in [0.1, 0.15) is 34.5 Å². The van der Waals surface area contributed by atoms with E-state index >= 15 is 0 Å². The smallest absolute Gasteiger partial charge is 0.263 e. The summed E-state index contributed by atoms with van der Waals surface area (Å²) in [4.78, 5) is 27.7. The number of likely N-dealkylation sites (N-methyl/N-ethyl adjacent to an activating group) is 1. The normalized spacial score (nSPS) is 12.2. The average Bonchev–Trinajstić information content (AvgIpc) is 3.17. The van der Waals surface area contributed by atoms with Crippen LogP contribution in [0.5, 0.6) is 0 Å². The number of carbonyl (C=O) groups excluding carboxylic acids is 1. The summed E-state index contributed by atoms with van der Waals surface area (Å²) in [6, 6.07) is 11.7. The second-order valence-corrected chi connectivity index (χ2v) is 7.83. The maximum Gasteiger partial charge on any atom is 0.263 e. The molecule has 0 aliphatic carbocycles. The highest BCUT2D eigenvalue weighted by molar-refractivity contribution is 5.95. The minimum atomic E-state index is -0.334. The first-order valence-electron chi connectivity index (χ1n) is 10.1. The van der Waals surface area contributed by atoms with Crippen molar-refractivity contribution in [2.45, 2.75) is 26.3 Å². The van der Waals surface area contributed by atoms with Crippen LogP contribution in [0.2, 0.25) is 0 Å². The number of aromatic nitrogens is 3. The minimum Gasteiger partial charge on any atom is -0.352 e. The van der Waals surface area contributed by atoms with Gasteiger partial charge in [-0.3, -0.25) is 9.59 Å². The van der Waals surface area contributed by atoms with E-state index in [1.165, 1.54) is 0 Å². The van der Waals surface area contributed by atoms with Crippen LogP contribution in [0, 0.1) is 6.92 Å². The fraction of sp³-hybridized carbons (Fsp3) is 0.348. The van der Waals surface area contributed by atoms with Crippen molar-refractivity contribution in [2.24, 2.45) is 0 Å². The molecule has 1 atom stereocenters. The van der Waals surface area contributed by atoms with Crippen molar-refractivity contribution >= 4 is 5.91 Å². The Morgan fingerprint density at radius 3 is 2.63 bits per heavy atom. The van der Waals surface area contributed by atoms with Crippen LogP contribution in [0.25, 0.3) is 5.69 Å². The van der Waals surface area contributed by atoms with Crippen molar-refractivity contribution in [3.63, 3.8) is 0 Å². The van der Waals surface area contributed by atoms with Crippen LogP contribution in [-0.4, -0.2) is 52.3 Å². The molecule has 30 heavy (non-hydrogen) atoms. The van der Waals surface area contributed by atoms with E-state index in [2.05, 4.69) is 10.4 Å². The molecule has 2 aromatic heterocycles. The number of para-hydroxylation sites is 1. The van der Waals surface area contributed by atoms with Crippen molar-refractivity contribution in [3.8, 4) is 5.69 Å². The molecule has 0 bridgehead atoms. The molecule has 158 valence electrons. The van der Waals surface area contributed by atoms with Gasteiger partial charge in [0.1, 0.15) is 5.56 Å². The first kappa shape index (κ1) is 21.5. The number of pyridine rings is 1. The van der Waals surface area contributed by atoms with E-state index in [9.17, 15) is 9.59 Å². The number of benzene rings is 1. The van der Waals surface area contributed by atoms with E-state index in [-0.39, 0.29) is 23.1 Å². The highest BCUT2D eigenvalue weighted by Gasteiger charge is 2.18. The topological polar surface area (TPSA) is 72.2 Å². The summed E-state index contributed by atoms with van der Waals surface area (Å²) in [6.45, 7) is 4.92. The third kappa shape index (κ3) is 5.04. The first-order chi connectivity index (χ1) is 14.4. The summed E-state index contributed by atoms with van der Waals surface area (Å²) in [5.74, 6) is -0.334. The molecule has 0 aliphatic rings. The zero-order valence-corrected chi connectivity index (χ0v) is 18.0. The Balaban J connectivity index is 1.65.